The summed E-state index contributed by atoms with van der Waals surface area (Å²) in [5, 5.41) is 7.31. The molecule has 8 heteroatoms. The fourth-order valence-electron chi connectivity index (χ4n) is 3.90. The molecule has 1 unspecified atom stereocenters. The Labute approximate surface area is 202 Å². The van der Waals surface area contributed by atoms with Crippen molar-refractivity contribution in [3.05, 3.63) is 75.5 Å². The summed E-state index contributed by atoms with van der Waals surface area (Å²) in [5.41, 5.74) is 3.12. The van der Waals surface area contributed by atoms with Crippen molar-refractivity contribution >= 4 is 40.5 Å². The van der Waals surface area contributed by atoms with E-state index in [4.69, 9.17) is 9.47 Å². The molecular weight excluding hydrogens is 452 g/mol. The van der Waals surface area contributed by atoms with Crippen LogP contribution in [0.4, 0.5) is 11.4 Å². The van der Waals surface area contributed by atoms with Crippen LogP contribution in [0.5, 0.6) is 5.75 Å². The quantitative estimate of drug-likeness (QED) is 0.470. The summed E-state index contributed by atoms with van der Waals surface area (Å²) in [6.45, 7) is 1.83. The summed E-state index contributed by atoms with van der Waals surface area (Å²) < 4.78 is 10.5. The Morgan fingerprint density at radius 2 is 1.82 bits per heavy atom. The van der Waals surface area contributed by atoms with Crippen LogP contribution in [-0.4, -0.2) is 31.5 Å². The largest absolute Gasteiger partial charge is 0.495 e. The number of esters is 1. The van der Waals surface area contributed by atoms with Crippen molar-refractivity contribution in [2.45, 2.75) is 26.2 Å². The third-order valence-corrected chi connectivity index (χ3v) is 6.79. The number of hydrogen-bond donors (Lipinski definition) is 2. The molecule has 0 saturated heterocycles. The Balaban J connectivity index is 1.29. The minimum absolute atomic E-state index is 0.301. The summed E-state index contributed by atoms with van der Waals surface area (Å²) in [5.74, 6) is -0.0288. The minimum atomic E-state index is -0.467. The van der Waals surface area contributed by atoms with Crippen molar-refractivity contribution in [1.82, 2.24) is 0 Å². The molecule has 1 heterocycles. The molecule has 1 aromatic heterocycles. The third kappa shape index (κ3) is 5.46. The number of nitrogens with one attached hydrogen (secondary N) is 2. The molecule has 4 rings (SSSR count). The molecule has 0 radical (unpaired) electrons. The minimum Gasteiger partial charge on any atom is -0.495 e. The lowest BCUT2D eigenvalue weighted by molar-refractivity contribution is -0.119. The van der Waals surface area contributed by atoms with Crippen LogP contribution in [0.2, 0.25) is 0 Å². The standard InChI is InChI=1S/C26H26N2O5S/c1-16-7-12-19-20(15-34-23(19)13-16)26(31)33-14-24(29)27-18-10-8-17(9-11-18)25(30)28-21-5-3-4-6-22(21)32-2/h3-6,8-11,15-16H,7,12-14H2,1-2H3,(H,27,29)(H,28,30). The van der Waals surface area contributed by atoms with Crippen LogP contribution in [0, 0.1) is 5.92 Å². The van der Waals surface area contributed by atoms with E-state index in [-0.39, 0.29) is 12.5 Å². The number of para-hydroxylation sites is 2. The van der Waals surface area contributed by atoms with Gasteiger partial charge in [0.2, 0.25) is 0 Å². The van der Waals surface area contributed by atoms with Crippen molar-refractivity contribution < 1.29 is 23.9 Å². The van der Waals surface area contributed by atoms with Gasteiger partial charge in [-0.2, -0.15) is 0 Å². The molecule has 0 spiro atoms. The molecule has 2 aromatic carbocycles. The maximum atomic E-state index is 12.5. The normalized spacial score (nSPS) is 14.6. The number of carbonyl (C=O) groups excluding carboxylic acids is 3. The van der Waals surface area contributed by atoms with Gasteiger partial charge in [-0.1, -0.05) is 19.1 Å². The number of fused-ring (bicyclic) bond motifs is 1. The van der Waals surface area contributed by atoms with E-state index in [1.54, 1.807) is 53.8 Å². The molecule has 1 aliphatic rings. The molecule has 0 bridgehead atoms. The van der Waals surface area contributed by atoms with E-state index >= 15 is 0 Å². The monoisotopic (exact) mass is 478 g/mol. The highest BCUT2D eigenvalue weighted by atomic mass is 32.1. The van der Waals surface area contributed by atoms with Gasteiger partial charge in [0.15, 0.2) is 6.61 Å². The molecule has 7 nitrogen and oxygen atoms in total. The summed E-state index contributed by atoms with van der Waals surface area (Å²) in [6, 6.07) is 13.6. The van der Waals surface area contributed by atoms with Crippen LogP contribution in [0.15, 0.2) is 53.9 Å². The Bertz CT molecular complexity index is 1200. The van der Waals surface area contributed by atoms with Crippen molar-refractivity contribution in [3.63, 3.8) is 0 Å². The summed E-state index contributed by atoms with van der Waals surface area (Å²) >= 11 is 1.59. The van der Waals surface area contributed by atoms with E-state index < -0.39 is 11.9 Å². The number of amides is 2. The highest BCUT2D eigenvalue weighted by Gasteiger charge is 2.24. The smallest absolute Gasteiger partial charge is 0.339 e. The average Bonchev–Trinajstić information content (AvgIpc) is 3.26. The first-order valence-corrected chi connectivity index (χ1v) is 11.9. The Morgan fingerprint density at radius 3 is 2.59 bits per heavy atom. The van der Waals surface area contributed by atoms with E-state index in [0.717, 1.165) is 24.8 Å². The molecule has 0 fully saturated rings. The average molecular weight is 479 g/mol. The fraction of sp³-hybridized carbons (Fsp3) is 0.269. The molecule has 3 aromatic rings. The van der Waals surface area contributed by atoms with Gasteiger partial charge in [-0.15, -0.1) is 11.3 Å². The van der Waals surface area contributed by atoms with Crippen LogP contribution < -0.4 is 15.4 Å². The molecule has 0 saturated carbocycles. The first kappa shape index (κ1) is 23.5. The van der Waals surface area contributed by atoms with Gasteiger partial charge < -0.3 is 20.1 Å². The second kappa shape index (κ2) is 10.5. The van der Waals surface area contributed by atoms with Gasteiger partial charge in [0.1, 0.15) is 5.75 Å². The molecule has 1 atom stereocenters. The maximum Gasteiger partial charge on any atom is 0.339 e. The van der Waals surface area contributed by atoms with E-state index in [0.29, 0.717) is 34.2 Å². The molecule has 2 N–H and O–H groups in total. The van der Waals surface area contributed by atoms with E-state index in [1.807, 2.05) is 11.4 Å². The highest BCUT2D eigenvalue weighted by molar-refractivity contribution is 7.10. The molecule has 2 amide bonds. The fourth-order valence-corrected chi connectivity index (χ4v) is 5.14. The van der Waals surface area contributed by atoms with Crippen LogP contribution in [0.1, 0.15) is 44.5 Å². The number of carbonyl (C=O) groups is 3. The SMILES string of the molecule is COc1ccccc1NC(=O)c1ccc(NC(=O)COC(=O)c2csc3c2CCC(C)C3)cc1. The van der Waals surface area contributed by atoms with Crippen LogP contribution in [0.3, 0.4) is 0 Å². The van der Waals surface area contributed by atoms with Gasteiger partial charge in [-0.05, 0) is 67.1 Å². The number of benzene rings is 2. The number of rotatable bonds is 7. The van der Waals surface area contributed by atoms with Gasteiger partial charge in [0.25, 0.3) is 11.8 Å². The summed E-state index contributed by atoms with van der Waals surface area (Å²) in [6.07, 6.45) is 2.91. The molecule has 34 heavy (non-hydrogen) atoms. The van der Waals surface area contributed by atoms with Gasteiger partial charge in [-0.25, -0.2) is 4.79 Å². The first-order valence-electron chi connectivity index (χ1n) is 11.0. The zero-order chi connectivity index (χ0) is 24.1. The maximum absolute atomic E-state index is 12.5. The number of hydrogen-bond acceptors (Lipinski definition) is 6. The van der Waals surface area contributed by atoms with Crippen LogP contribution in [0.25, 0.3) is 0 Å². The topological polar surface area (TPSA) is 93.7 Å². The second-order valence-corrected chi connectivity index (χ2v) is 9.22. The Hall–Kier alpha value is -3.65. The van der Waals surface area contributed by atoms with Crippen molar-refractivity contribution in [1.29, 1.82) is 0 Å². The van der Waals surface area contributed by atoms with Crippen LogP contribution in [-0.2, 0) is 22.4 Å². The van der Waals surface area contributed by atoms with Crippen molar-refractivity contribution in [2.24, 2.45) is 5.92 Å². The lowest BCUT2D eigenvalue weighted by atomic mass is 9.88. The van der Waals surface area contributed by atoms with E-state index in [2.05, 4.69) is 17.6 Å². The van der Waals surface area contributed by atoms with Crippen molar-refractivity contribution in [3.8, 4) is 5.75 Å². The molecular formula is C26H26N2O5S. The molecule has 0 aliphatic heterocycles. The molecule has 176 valence electrons. The van der Waals surface area contributed by atoms with Gasteiger partial charge >= 0.3 is 5.97 Å². The van der Waals surface area contributed by atoms with E-state index in [9.17, 15) is 14.4 Å². The van der Waals surface area contributed by atoms with Gasteiger partial charge in [0, 0.05) is 21.5 Å². The summed E-state index contributed by atoms with van der Waals surface area (Å²) in [7, 11) is 1.54. The number of ether oxygens (including phenoxy) is 2. The number of anilines is 2. The van der Waals surface area contributed by atoms with Gasteiger partial charge in [-0.3, -0.25) is 9.59 Å². The zero-order valence-electron chi connectivity index (χ0n) is 19.1. The lowest BCUT2D eigenvalue weighted by Crippen LogP contribution is -2.21. The lowest BCUT2D eigenvalue weighted by Gasteiger charge is -2.18. The first-order chi connectivity index (χ1) is 16.4. The zero-order valence-corrected chi connectivity index (χ0v) is 19.9. The second-order valence-electron chi connectivity index (χ2n) is 8.26. The van der Waals surface area contributed by atoms with Crippen molar-refractivity contribution in [2.75, 3.05) is 24.4 Å². The summed E-state index contributed by atoms with van der Waals surface area (Å²) in [4.78, 5) is 38.5. The highest BCUT2D eigenvalue weighted by Crippen LogP contribution is 2.33. The predicted octanol–water partition coefficient (Wildman–Crippen LogP) is 4.93. The van der Waals surface area contributed by atoms with Gasteiger partial charge in [0.05, 0.1) is 18.4 Å². The third-order valence-electron chi connectivity index (χ3n) is 5.74. The predicted molar refractivity (Wildman–Crippen MR) is 132 cm³/mol. The van der Waals surface area contributed by atoms with E-state index in [1.165, 1.54) is 12.0 Å². The van der Waals surface area contributed by atoms with Crippen LogP contribution >= 0.6 is 11.3 Å². The molecule has 1 aliphatic carbocycles. The Kier molecular flexibility index (Phi) is 7.27. The Morgan fingerprint density at radius 1 is 1.06 bits per heavy atom. The number of methoxy groups -OCH3 is 1. The number of thiophene rings is 1.